The normalized spacial score (nSPS) is 29.2. The van der Waals surface area contributed by atoms with E-state index in [9.17, 15) is 14.7 Å². The maximum absolute atomic E-state index is 12.0. The van der Waals surface area contributed by atoms with Gasteiger partial charge in [-0.2, -0.15) is 0 Å². The predicted molar refractivity (Wildman–Crippen MR) is 85.1 cm³/mol. The molecule has 1 saturated heterocycles. The average molecular weight is 367 g/mol. The van der Waals surface area contributed by atoms with Crippen molar-refractivity contribution in [3.05, 3.63) is 34.3 Å². The fraction of sp³-hybridized carbons (Fsp3) is 0.500. The zero-order valence-corrected chi connectivity index (χ0v) is 13.8. The largest absolute Gasteiger partial charge is 0.481 e. The van der Waals surface area contributed by atoms with Gasteiger partial charge < -0.3 is 10.8 Å². The molecular formula is C16H19BrN2O3. The molecule has 0 aromatic heterocycles. The molecule has 3 atom stereocenters. The molecule has 1 aromatic rings. The molecule has 5 nitrogen and oxygen atoms in total. The maximum Gasteiger partial charge on any atom is 0.311 e. The number of rotatable bonds is 4. The van der Waals surface area contributed by atoms with Crippen molar-refractivity contribution < 1.29 is 14.7 Å². The highest BCUT2D eigenvalue weighted by molar-refractivity contribution is 9.10. The lowest BCUT2D eigenvalue weighted by Gasteiger charge is -2.28. The molecule has 118 valence electrons. The lowest BCUT2D eigenvalue weighted by atomic mass is 9.81. The van der Waals surface area contributed by atoms with Crippen LogP contribution in [0.25, 0.3) is 0 Å². The number of hydrogen-bond donors (Lipinski definition) is 2. The van der Waals surface area contributed by atoms with Gasteiger partial charge in [-0.15, -0.1) is 0 Å². The van der Waals surface area contributed by atoms with Crippen LogP contribution in [0.15, 0.2) is 28.7 Å². The molecule has 1 heterocycles. The van der Waals surface area contributed by atoms with Gasteiger partial charge in [-0.25, -0.2) is 0 Å². The van der Waals surface area contributed by atoms with E-state index in [0.29, 0.717) is 19.5 Å². The summed E-state index contributed by atoms with van der Waals surface area (Å²) in [4.78, 5) is 25.7. The van der Waals surface area contributed by atoms with Gasteiger partial charge in [0.25, 0.3) is 0 Å². The minimum atomic E-state index is -0.739. The second kappa shape index (κ2) is 5.66. The quantitative estimate of drug-likeness (QED) is 0.854. The van der Waals surface area contributed by atoms with E-state index < -0.39 is 23.3 Å². The molecule has 2 fully saturated rings. The molecule has 22 heavy (non-hydrogen) atoms. The van der Waals surface area contributed by atoms with Gasteiger partial charge in [-0.3, -0.25) is 14.5 Å². The fourth-order valence-electron chi connectivity index (χ4n) is 4.07. The monoisotopic (exact) mass is 366 g/mol. The third-order valence-corrected chi connectivity index (χ3v) is 5.67. The van der Waals surface area contributed by atoms with Crippen LogP contribution in [0.4, 0.5) is 0 Å². The molecule has 1 aliphatic carbocycles. The molecule has 0 bridgehead atoms. The topological polar surface area (TPSA) is 83.6 Å². The van der Waals surface area contributed by atoms with Crippen LogP contribution < -0.4 is 5.73 Å². The van der Waals surface area contributed by atoms with Gasteiger partial charge in [0.15, 0.2) is 0 Å². The first-order valence-corrected chi connectivity index (χ1v) is 8.25. The Balaban J connectivity index is 1.90. The molecule has 1 aliphatic heterocycles. The number of amides is 1. The van der Waals surface area contributed by atoms with Gasteiger partial charge in [-0.1, -0.05) is 34.5 Å². The van der Waals surface area contributed by atoms with Crippen LogP contribution in [0, 0.1) is 11.3 Å². The molecule has 3 N–H and O–H groups in total. The number of benzene rings is 1. The zero-order valence-electron chi connectivity index (χ0n) is 12.2. The first-order valence-electron chi connectivity index (χ1n) is 7.46. The van der Waals surface area contributed by atoms with Crippen LogP contribution in [-0.2, 0) is 9.59 Å². The molecule has 3 rings (SSSR count). The summed E-state index contributed by atoms with van der Waals surface area (Å²) in [5.74, 6) is -1.05. The van der Waals surface area contributed by atoms with Crippen LogP contribution in [0.5, 0.6) is 0 Å². The van der Waals surface area contributed by atoms with E-state index in [2.05, 4.69) is 15.9 Å². The summed E-state index contributed by atoms with van der Waals surface area (Å²) in [6.07, 6.45) is 2.55. The number of carbonyl (C=O) groups is 2. The third kappa shape index (κ3) is 2.44. The number of carbonyl (C=O) groups excluding carboxylic acids is 1. The number of likely N-dealkylation sites (tertiary alicyclic amines) is 1. The van der Waals surface area contributed by atoms with Crippen molar-refractivity contribution in [2.45, 2.75) is 25.3 Å². The number of fused-ring (bicyclic) bond motifs is 1. The molecule has 1 amide bonds. The van der Waals surface area contributed by atoms with E-state index >= 15 is 0 Å². The minimum Gasteiger partial charge on any atom is -0.481 e. The Labute approximate surface area is 137 Å². The van der Waals surface area contributed by atoms with Gasteiger partial charge >= 0.3 is 5.97 Å². The summed E-state index contributed by atoms with van der Waals surface area (Å²) >= 11 is 3.37. The summed E-state index contributed by atoms with van der Waals surface area (Å²) in [5.41, 5.74) is 5.73. The number of nitrogens with zero attached hydrogens (tertiary/aromatic N) is 1. The number of aliphatic carboxylic acids is 1. The number of nitrogens with two attached hydrogens (primary N) is 1. The minimum absolute atomic E-state index is 0.113. The summed E-state index contributed by atoms with van der Waals surface area (Å²) in [6.45, 7) is 1.02. The van der Waals surface area contributed by atoms with Crippen LogP contribution >= 0.6 is 15.9 Å². The van der Waals surface area contributed by atoms with Crippen molar-refractivity contribution >= 4 is 27.8 Å². The van der Waals surface area contributed by atoms with E-state index in [4.69, 9.17) is 5.73 Å². The predicted octanol–water partition coefficient (Wildman–Crippen LogP) is 2.16. The lowest BCUT2D eigenvalue weighted by Crippen LogP contribution is -2.40. The molecule has 2 aliphatic rings. The Morgan fingerprint density at radius 2 is 2.05 bits per heavy atom. The number of carboxylic acids is 1. The second-order valence-electron chi connectivity index (χ2n) is 6.34. The van der Waals surface area contributed by atoms with Crippen molar-refractivity contribution in [3.63, 3.8) is 0 Å². The lowest BCUT2D eigenvalue weighted by molar-refractivity contribution is -0.149. The van der Waals surface area contributed by atoms with Crippen LogP contribution in [0.1, 0.15) is 30.9 Å². The molecule has 6 heteroatoms. The summed E-state index contributed by atoms with van der Waals surface area (Å²) in [5, 5.41) is 9.67. The summed E-state index contributed by atoms with van der Waals surface area (Å²) in [7, 11) is 0. The third-order valence-electron chi connectivity index (χ3n) is 5.14. The number of primary amides is 1. The van der Waals surface area contributed by atoms with Crippen molar-refractivity contribution in [2.75, 3.05) is 13.1 Å². The first-order chi connectivity index (χ1) is 10.4. The van der Waals surface area contributed by atoms with Gasteiger partial charge in [0, 0.05) is 17.6 Å². The van der Waals surface area contributed by atoms with E-state index in [1.165, 1.54) is 0 Å². The van der Waals surface area contributed by atoms with E-state index in [0.717, 1.165) is 22.9 Å². The average Bonchev–Trinajstić information content (AvgIpc) is 2.98. The van der Waals surface area contributed by atoms with Gasteiger partial charge in [-0.05, 0) is 36.5 Å². The van der Waals surface area contributed by atoms with Crippen LogP contribution in [-0.4, -0.2) is 35.0 Å². The summed E-state index contributed by atoms with van der Waals surface area (Å²) in [6, 6.07) is 6.90. The highest BCUT2D eigenvalue weighted by Gasteiger charge is 2.56. The highest BCUT2D eigenvalue weighted by atomic mass is 79.9. The number of carboxylic acid groups (broad SMARTS) is 1. The molecule has 1 aromatic carbocycles. The number of hydrogen-bond acceptors (Lipinski definition) is 3. The molecule has 0 spiro atoms. The first kappa shape index (κ1) is 15.5. The van der Waals surface area contributed by atoms with E-state index in [1.807, 2.05) is 29.2 Å². The Hall–Kier alpha value is -1.40. The van der Waals surface area contributed by atoms with Gasteiger partial charge in [0.2, 0.25) is 5.91 Å². The SMILES string of the molecule is NC(=O)C(c1ccc(Br)cc1)N1C[C@@H]2CCC[C@@]2(C(=O)O)C1. The maximum atomic E-state index is 12.0. The smallest absolute Gasteiger partial charge is 0.311 e. The standard InChI is InChI=1S/C16H19BrN2O3/c17-12-5-3-10(4-6-12)13(14(18)20)19-8-11-2-1-7-16(11,9-19)15(21)22/h3-6,11,13H,1-2,7-9H2,(H2,18,20)(H,21,22)/t11-,13?,16+/m0/s1. The van der Waals surface area contributed by atoms with Crippen LogP contribution in [0.3, 0.4) is 0 Å². The molecule has 1 saturated carbocycles. The Kier molecular flexibility index (Phi) is 3.99. The number of halogens is 1. The van der Waals surface area contributed by atoms with E-state index in [-0.39, 0.29) is 5.92 Å². The van der Waals surface area contributed by atoms with E-state index in [1.54, 1.807) is 0 Å². The van der Waals surface area contributed by atoms with Crippen molar-refractivity contribution in [2.24, 2.45) is 17.1 Å². The van der Waals surface area contributed by atoms with Gasteiger partial charge in [0.1, 0.15) is 6.04 Å². The van der Waals surface area contributed by atoms with Crippen LogP contribution in [0.2, 0.25) is 0 Å². The Morgan fingerprint density at radius 3 is 2.59 bits per heavy atom. The summed E-state index contributed by atoms with van der Waals surface area (Å²) < 4.78 is 0.930. The fourth-order valence-corrected chi connectivity index (χ4v) is 4.34. The highest BCUT2D eigenvalue weighted by Crippen LogP contribution is 2.50. The molecular weight excluding hydrogens is 348 g/mol. The van der Waals surface area contributed by atoms with Gasteiger partial charge in [0.05, 0.1) is 5.41 Å². The molecule has 1 unspecified atom stereocenters. The van der Waals surface area contributed by atoms with Crippen molar-refractivity contribution in [3.8, 4) is 0 Å². The zero-order chi connectivity index (χ0) is 15.9. The Morgan fingerprint density at radius 1 is 1.36 bits per heavy atom. The van der Waals surface area contributed by atoms with Crippen molar-refractivity contribution in [1.82, 2.24) is 4.90 Å². The Bertz CT molecular complexity index is 604. The van der Waals surface area contributed by atoms with Crippen molar-refractivity contribution in [1.29, 1.82) is 0 Å². The second-order valence-corrected chi connectivity index (χ2v) is 7.25. The molecule has 0 radical (unpaired) electrons.